The maximum atomic E-state index is 12.0. The van der Waals surface area contributed by atoms with Gasteiger partial charge in [-0.3, -0.25) is 10.1 Å². The molecular formula is C17H13Cl2N3O2. The number of halogens is 2. The zero-order valence-corrected chi connectivity index (χ0v) is 14.0. The fourth-order valence-electron chi connectivity index (χ4n) is 2.15. The Bertz CT molecular complexity index is 830. The Balaban J connectivity index is 1.62. The van der Waals surface area contributed by atoms with Crippen molar-refractivity contribution in [1.82, 2.24) is 10.2 Å². The Morgan fingerprint density at radius 2 is 1.75 bits per heavy atom. The van der Waals surface area contributed by atoms with Crippen LogP contribution in [0, 0.1) is 0 Å². The molecule has 0 saturated heterocycles. The summed E-state index contributed by atoms with van der Waals surface area (Å²) in [4.78, 5) is 12.0. The second kappa shape index (κ2) is 7.47. The van der Waals surface area contributed by atoms with Crippen LogP contribution in [-0.4, -0.2) is 16.1 Å². The van der Waals surface area contributed by atoms with Crippen LogP contribution in [0.4, 0.5) is 6.01 Å². The van der Waals surface area contributed by atoms with Crippen LogP contribution in [0.2, 0.25) is 10.0 Å². The standard InChI is InChI=1S/C17H13Cl2N3O2/c18-13-8-12(9-14(19)10-13)16-21-22-17(24-16)20-15(23)7-6-11-4-2-1-3-5-11/h1-5,8-10H,6-7H2,(H,20,22,23). The fourth-order valence-corrected chi connectivity index (χ4v) is 2.68. The highest BCUT2D eigenvalue weighted by molar-refractivity contribution is 6.35. The van der Waals surface area contributed by atoms with Gasteiger partial charge in [-0.05, 0) is 30.2 Å². The number of hydrogen-bond acceptors (Lipinski definition) is 4. The van der Waals surface area contributed by atoms with Crippen molar-refractivity contribution in [3.63, 3.8) is 0 Å². The Morgan fingerprint density at radius 3 is 2.46 bits per heavy atom. The van der Waals surface area contributed by atoms with E-state index in [-0.39, 0.29) is 17.8 Å². The van der Waals surface area contributed by atoms with Gasteiger partial charge in [0.2, 0.25) is 11.8 Å². The molecule has 0 atom stereocenters. The summed E-state index contributed by atoms with van der Waals surface area (Å²) in [6, 6.07) is 14.7. The number of hydrogen-bond donors (Lipinski definition) is 1. The Kier molecular flexibility index (Phi) is 5.13. The van der Waals surface area contributed by atoms with Gasteiger partial charge in [-0.15, -0.1) is 5.10 Å². The maximum Gasteiger partial charge on any atom is 0.322 e. The smallest absolute Gasteiger partial charge is 0.322 e. The van der Waals surface area contributed by atoms with E-state index in [0.717, 1.165) is 5.56 Å². The first-order valence-corrected chi connectivity index (χ1v) is 7.99. The largest absolute Gasteiger partial charge is 0.403 e. The van der Waals surface area contributed by atoms with Crippen LogP contribution >= 0.6 is 23.2 Å². The lowest BCUT2D eigenvalue weighted by molar-refractivity contribution is -0.116. The van der Waals surface area contributed by atoms with Crippen LogP contribution in [0.3, 0.4) is 0 Å². The molecule has 3 aromatic rings. The Hall–Kier alpha value is -2.37. The lowest BCUT2D eigenvalue weighted by Crippen LogP contribution is -2.12. The topological polar surface area (TPSA) is 68.0 Å². The van der Waals surface area contributed by atoms with Crippen molar-refractivity contribution in [3.05, 3.63) is 64.1 Å². The number of aromatic nitrogens is 2. The van der Waals surface area contributed by atoms with E-state index in [2.05, 4.69) is 15.5 Å². The van der Waals surface area contributed by atoms with Gasteiger partial charge in [-0.2, -0.15) is 0 Å². The molecule has 2 aromatic carbocycles. The zero-order valence-electron chi connectivity index (χ0n) is 12.5. The van der Waals surface area contributed by atoms with Crippen LogP contribution < -0.4 is 5.32 Å². The summed E-state index contributed by atoms with van der Waals surface area (Å²) < 4.78 is 5.43. The third kappa shape index (κ3) is 4.34. The van der Waals surface area contributed by atoms with Gasteiger partial charge < -0.3 is 4.42 Å². The van der Waals surface area contributed by atoms with Crippen LogP contribution in [-0.2, 0) is 11.2 Å². The predicted molar refractivity (Wildman–Crippen MR) is 93.1 cm³/mol. The SMILES string of the molecule is O=C(CCc1ccccc1)Nc1nnc(-c2cc(Cl)cc(Cl)c2)o1. The van der Waals surface area contributed by atoms with Crippen molar-refractivity contribution in [1.29, 1.82) is 0 Å². The molecule has 1 N–H and O–H groups in total. The number of benzene rings is 2. The molecular weight excluding hydrogens is 349 g/mol. The second-order valence-electron chi connectivity index (χ2n) is 5.10. The van der Waals surface area contributed by atoms with Crippen LogP contribution in [0.25, 0.3) is 11.5 Å². The third-order valence-corrected chi connectivity index (χ3v) is 3.70. The summed E-state index contributed by atoms with van der Waals surface area (Å²) in [6.07, 6.45) is 0.961. The van der Waals surface area contributed by atoms with Crippen molar-refractivity contribution in [2.45, 2.75) is 12.8 Å². The van der Waals surface area contributed by atoms with Crippen LogP contribution in [0.15, 0.2) is 52.9 Å². The zero-order chi connectivity index (χ0) is 16.9. The van der Waals surface area contributed by atoms with Gasteiger partial charge in [0, 0.05) is 22.0 Å². The summed E-state index contributed by atoms with van der Waals surface area (Å²) in [6.45, 7) is 0. The van der Waals surface area contributed by atoms with Crippen LogP contribution in [0.5, 0.6) is 0 Å². The molecule has 1 amide bonds. The number of aryl methyl sites for hydroxylation is 1. The fraction of sp³-hybridized carbons (Fsp3) is 0.118. The molecule has 1 aromatic heterocycles. The highest BCUT2D eigenvalue weighted by Gasteiger charge is 2.12. The first-order valence-electron chi connectivity index (χ1n) is 7.24. The van der Waals surface area contributed by atoms with Gasteiger partial charge in [0.1, 0.15) is 0 Å². The van der Waals surface area contributed by atoms with Crippen LogP contribution in [0.1, 0.15) is 12.0 Å². The molecule has 0 unspecified atom stereocenters. The average Bonchev–Trinajstić information content (AvgIpc) is 3.01. The van der Waals surface area contributed by atoms with Gasteiger partial charge in [0.05, 0.1) is 0 Å². The van der Waals surface area contributed by atoms with Gasteiger partial charge >= 0.3 is 6.01 Å². The summed E-state index contributed by atoms with van der Waals surface area (Å²) in [5.74, 6) is 0.0379. The molecule has 5 nitrogen and oxygen atoms in total. The van der Waals surface area contributed by atoms with E-state index in [9.17, 15) is 4.79 Å². The minimum absolute atomic E-state index is 0.0409. The van der Waals surface area contributed by atoms with Crippen molar-refractivity contribution >= 4 is 35.1 Å². The van der Waals surface area contributed by atoms with Gasteiger partial charge in [0.25, 0.3) is 0 Å². The van der Waals surface area contributed by atoms with E-state index in [4.69, 9.17) is 27.6 Å². The van der Waals surface area contributed by atoms with Gasteiger partial charge in [0.15, 0.2) is 0 Å². The lowest BCUT2D eigenvalue weighted by Gasteiger charge is -2.01. The first kappa shape index (κ1) is 16.5. The highest BCUT2D eigenvalue weighted by Crippen LogP contribution is 2.27. The monoisotopic (exact) mass is 361 g/mol. The molecule has 0 bridgehead atoms. The molecule has 7 heteroatoms. The highest BCUT2D eigenvalue weighted by atomic mass is 35.5. The molecule has 0 spiro atoms. The maximum absolute atomic E-state index is 12.0. The third-order valence-electron chi connectivity index (χ3n) is 3.26. The van der Waals surface area contributed by atoms with E-state index in [0.29, 0.717) is 28.5 Å². The second-order valence-corrected chi connectivity index (χ2v) is 5.98. The van der Waals surface area contributed by atoms with Gasteiger partial charge in [-0.1, -0.05) is 58.6 Å². The molecule has 0 aliphatic rings. The summed E-state index contributed by atoms with van der Waals surface area (Å²) >= 11 is 11.9. The normalized spacial score (nSPS) is 10.6. The molecule has 0 aliphatic carbocycles. The summed E-state index contributed by atoms with van der Waals surface area (Å²) in [5.41, 5.74) is 1.68. The van der Waals surface area contributed by atoms with E-state index >= 15 is 0 Å². The Labute approximate surface area is 148 Å². The minimum Gasteiger partial charge on any atom is -0.403 e. The molecule has 1 heterocycles. The van der Waals surface area contributed by atoms with Crippen molar-refractivity contribution in [2.75, 3.05) is 5.32 Å². The molecule has 0 aliphatic heterocycles. The number of carbonyl (C=O) groups is 1. The lowest BCUT2D eigenvalue weighted by atomic mass is 10.1. The molecule has 122 valence electrons. The van der Waals surface area contributed by atoms with E-state index in [1.165, 1.54) is 0 Å². The van der Waals surface area contributed by atoms with Crippen molar-refractivity contribution in [3.8, 4) is 11.5 Å². The van der Waals surface area contributed by atoms with E-state index in [1.807, 2.05) is 30.3 Å². The number of carbonyl (C=O) groups excluding carboxylic acids is 1. The molecule has 3 rings (SSSR count). The number of amides is 1. The minimum atomic E-state index is -0.196. The number of anilines is 1. The summed E-state index contributed by atoms with van der Waals surface area (Å²) in [7, 11) is 0. The molecule has 0 fully saturated rings. The van der Waals surface area contributed by atoms with Crippen molar-refractivity contribution in [2.24, 2.45) is 0 Å². The molecule has 0 radical (unpaired) electrons. The number of rotatable bonds is 5. The van der Waals surface area contributed by atoms with Crippen molar-refractivity contribution < 1.29 is 9.21 Å². The average molecular weight is 362 g/mol. The summed E-state index contributed by atoms with van der Waals surface area (Å²) in [5, 5.41) is 11.2. The number of nitrogens with one attached hydrogen (secondary N) is 1. The predicted octanol–water partition coefficient (Wildman–Crippen LogP) is 4.61. The van der Waals surface area contributed by atoms with E-state index < -0.39 is 0 Å². The van der Waals surface area contributed by atoms with E-state index in [1.54, 1.807) is 18.2 Å². The first-order chi connectivity index (χ1) is 11.6. The molecule has 24 heavy (non-hydrogen) atoms. The Morgan fingerprint density at radius 1 is 1.04 bits per heavy atom. The van der Waals surface area contributed by atoms with Gasteiger partial charge in [-0.25, -0.2) is 0 Å². The molecule has 0 saturated carbocycles. The quantitative estimate of drug-likeness (QED) is 0.719. The number of nitrogens with zero attached hydrogens (tertiary/aromatic N) is 2.